The molecule has 0 aliphatic carbocycles. The van der Waals surface area contributed by atoms with Gasteiger partial charge in [-0.2, -0.15) is 0 Å². The van der Waals surface area contributed by atoms with Crippen molar-refractivity contribution in [3.05, 3.63) is 18.2 Å². The minimum Gasteiger partial charge on any atom is -0.490 e. The smallest absolute Gasteiger partial charge is 0.240 e. The lowest BCUT2D eigenvalue weighted by Gasteiger charge is -2.18. The number of benzene rings is 1. The fraction of sp³-hybridized carbons (Fsp3) is 0.538. The van der Waals surface area contributed by atoms with Gasteiger partial charge in [0.15, 0.2) is 11.5 Å². The molecule has 1 aromatic carbocycles. The van der Waals surface area contributed by atoms with Crippen LogP contribution in [0.4, 0.5) is 0 Å². The van der Waals surface area contributed by atoms with E-state index in [1.807, 2.05) is 0 Å². The van der Waals surface area contributed by atoms with Gasteiger partial charge in [0.05, 0.1) is 23.7 Å². The molecule has 1 aliphatic heterocycles. The van der Waals surface area contributed by atoms with Crippen LogP contribution in [-0.4, -0.2) is 38.9 Å². The molecule has 1 heterocycles. The van der Waals surface area contributed by atoms with Gasteiger partial charge in [0.2, 0.25) is 10.0 Å². The van der Waals surface area contributed by atoms with Crippen molar-refractivity contribution in [2.75, 3.05) is 19.8 Å². The van der Waals surface area contributed by atoms with Crippen molar-refractivity contribution in [2.45, 2.75) is 30.8 Å². The second-order valence-electron chi connectivity index (χ2n) is 5.30. The van der Waals surface area contributed by atoms with Gasteiger partial charge in [-0.1, -0.05) is 0 Å². The number of ether oxygens (including phenoxy) is 2. The van der Waals surface area contributed by atoms with Crippen molar-refractivity contribution in [3.8, 4) is 11.5 Å². The molecule has 0 bridgehead atoms. The van der Waals surface area contributed by atoms with E-state index in [1.165, 1.54) is 26.0 Å². The van der Waals surface area contributed by atoms with Crippen LogP contribution in [0.25, 0.3) is 0 Å². The largest absolute Gasteiger partial charge is 0.490 e. The Bertz CT molecular complexity index is 577. The van der Waals surface area contributed by atoms with Gasteiger partial charge in [-0.3, -0.25) is 0 Å². The summed E-state index contributed by atoms with van der Waals surface area (Å²) in [6, 6.07) is 4.48. The summed E-state index contributed by atoms with van der Waals surface area (Å²) >= 11 is 0. The maximum Gasteiger partial charge on any atom is 0.240 e. The molecule has 0 saturated carbocycles. The second kappa shape index (κ2) is 5.59. The Morgan fingerprint density at radius 3 is 2.55 bits per heavy atom. The molecule has 0 fully saturated rings. The number of nitrogens with one attached hydrogen (secondary N) is 1. The predicted octanol–water partition coefficient (Wildman–Crippen LogP) is 0.897. The van der Waals surface area contributed by atoms with Crippen LogP contribution in [0.5, 0.6) is 11.5 Å². The van der Waals surface area contributed by atoms with Gasteiger partial charge in [-0.15, -0.1) is 0 Å². The molecular weight excluding hydrogens is 282 g/mol. The highest BCUT2D eigenvalue weighted by Gasteiger charge is 2.21. The number of hydrogen-bond donors (Lipinski definition) is 2. The Labute approximate surface area is 118 Å². The normalized spacial score (nSPS) is 15.8. The van der Waals surface area contributed by atoms with Gasteiger partial charge in [0.25, 0.3) is 0 Å². The first kappa shape index (κ1) is 15.1. The first-order chi connectivity index (χ1) is 9.28. The van der Waals surface area contributed by atoms with E-state index in [-0.39, 0.29) is 11.4 Å². The molecular formula is C13H19NO5S. The molecule has 1 aliphatic rings. The number of hydrogen-bond acceptors (Lipinski definition) is 5. The van der Waals surface area contributed by atoms with Gasteiger partial charge >= 0.3 is 0 Å². The fourth-order valence-electron chi connectivity index (χ4n) is 1.67. The number of fused-ring (bicyclic) bond motifs is 1. The molecule has 0 aromatic heterocycles. The Hall–Kier alpha value is -1.31. The van der Waals surface area contributed by atoms with Gasteiger partial charge < -0.3 is 14.6 Å². The maximum absolute atomic E-state index is 12.1. The van der Waals surface area contributed by atoms with Crippen molar-refractivity contribution in [1.29, 1.82) is 0 Å². The van der Waals surface area contributed by atoms with Crippen LogP contribution < -0.4 is 14.2 Å². The lowest BCUT2D eigenvalue weighted by molar-refractivity contribution is 0.0857. The summed E-state index contributed by atoms with van der Waals surface area (Å²) in [4.78, 5) is 0.0889. The average molecular weight is 301 g/mol. The lowest BCUT2D eigenvalue weighted by atomic mass is 10.1. The van der Waals surface area contributed by atoms with E-state index in [2.05, 4.69) is 4.72 Å². The van der Waals surface area contributed by atoms with Crippen molar-refractivity contribution in [3.63, 3.8) is 0 Å². The molecule has 0 atom stereocenters. The standard InChI is InChI=1S/C13H19NO5S/c1-13(2,15)9-14-20(16,17)10-4-5-11-12(8-10)19-7-3-6-18-11/h4-5,8,14-15H,3,6-7,9H2,1-2H3. The lowest BCUT2D eigenvalue weighted by Crippen LogP contribution is -2.38. The summed E-state index contributed by atoms with van der Waals surface area (Å²) in [5.41, 5.74) is -1.11. The van der Waals surface area contributed by atoms with Gasteiger partial charge in [-0.25, -0.2) is 13.1 Å². The SMILES string of the molecule is CC(C)(O)CNS(=O)(=O)c1ccc2c(c1)OCCCO2. The molecule has 112 valence electrons. The van der Waals surface area contributed by atoms with E-state index < -0.39 is 15.6 Å². The average Bonchev–Trinajstić information content (AvgIpc) is 2.60. The highest BCUT2D eigenvalue weighted by Crippen LogP contribution is 2.31. The van der Waals surface area contributed by atoms with Crippen molar-refractivity contribution in [1.82, 2.24) is 4.72 Å². The van der Waals surface area contributed by atoms with Crippen LogP contribution >= 0.6 is 0 Å². The summed E-state index contributed by atoms with van der Waals surface area (Å²) in [5.74, 6) is 0.970. The van der Waals surface area contributed by atoms with Crippen LogP contribution in [-0.2, 0) is 10.0 Å². The van der Waals surface area contributed by atoms with Crippen molar-refractivity contribution in [2.24, 2.45) is 0 Å². The minimum atomic E-state index is -3.68. The highest BCUT2D eigenvalue weighted by atomic mass is 32.2. The number of rotatable bonds is 4. The van der Waals surface area contributed by atoms with Gasteiger partial charge in [-0.05, 0) is 26.0 Å². The van der Waals surface area contributed by atoms with Gasteiger partial charge in [0.1, 0.15) is 0 Å². The third-order valence-electron chi connectivity index (χ3n) is 2.72. The first-order valence-corrected chi connectivity index (χ1v) is 7.88. The zero-order valence-corrected chi connectivity index (χ0v) is 12.4. The minimum absolute atomic E-state index is 0.0657. The second-order valence-corrected chi connectivity index (χ2v) is 7.06. The molecule has 7 heteroatoms. The van der Waals surface area contributed by atoms with E-state index in [0.29, 0.717) is 24.7 Å². The molecule has 0 spiro atoms. The third-order valence-corrected chi connectivity index (χ3v) is 4.12. The Morgan fingerprint density at radius 2 is 1.90 bits per heavy atom. The molecule has 20 heavy (non-hydrogen) atoms. The molecule has 0 saturated heterocycles. The fourth-order valence-corrected chi connectivity index (χ4v) is 2.89. The predicted molar refractivity (Wildman–Crippen MR) is 73.5 cm³/mol. The zero-order chi connectivity index (χ0) is 14.8. The summed E-state index contributed by atoms with van der Waals surface area (Å²) in [7, 11) is -3.68. The summed E-state index contributed by atoms with van der Waals surface area (Å²) in [5, 5.41) is 9.59. The Kier molecular flexibility index (Phi) is 4.22. The quantitative estimate of drug-likeness (QED) is 0.863. The molecule has 6 nitrogen and oxygen atoms in total. The molecule has 0 amide bonds. The number of aliphatic hydroxyl groups is 1. The van der Waals surface area contributed by atoms with Crippen molar-refractivity contribution < 1.29 is 23.0 Å². The topological polar surface area (TPSA) is 84.9 Å². The van der Waals surface area contributed by atoms with E-state index in [1.54, 1.807) is 6.07 Å². The number of sulfonamides is 1. The molecule has 0 radical (unpaired) electrons. The summed E-state index contributed by atoms with van der Waals surface area (Å²) < 4.78 is 37.5. The van der Waals surface area contributed by atoms with E-state index in [0.717, 1.165) is 6.42 Å². The third kappa shape index (κ3) is 3.84. The van der Waals surface area contributed by atoms with Crippen molar-refractivity contribution >= 4 is 10.0 Å². The van der Waals surface area contributed by atoms with Crippen LogP contribution in [0.2, 0.25) is 0 Å². The zero-order valence-electron chi connectivity index (χ0n) is 11.5. The van der Waals surface area contributed by atoms with E-state index in [9.17, 15) is 13.5 Å². The monoisotopic (exact) mass is 301 g/mol. The summed E-state index contributed by atoms with van der Waals surface area (Å²) in [6.45, 7) is 4.04. The van der Waals surface area contributed by atoms with E-state index >= 15 is 0 Å². The first-order valence-electron chi connectivity index (χ1n) is 6.40. The summed E-state index contributed by atoms with van der Waals surface area (Å²) in [6.07, 6.45) is 0.758. The molecule has 2 N–H and O–H groups in total. The van der Waals surface area contributed by atoms with Crippen LogP contribution in [0.15, 0.2) is 23.1 Å². The molecule has 0 unspecified atom stereocenters. The Balaban J connectivity index is 2.22. The van der Waals surface area contributed by atoms with Crippen LogP contribution in [0.1, 0.15) is 20.3 Å². The molecule has 1 aromatic rings. The Morgan fingerprint density at radius 1 is 1.25 bits per heavy atom. The highest BCUT2D eigenvalue weighted by molar-refractivity contribution is 7.89. The molecule has 2 rings (SSSR count). The van der Waals surface area contributed by atoms with Crippen LogP contribution in [0, 0.1) is 0 Å². The van der Waals surface area contributed by atoms with E-state index in [4.69, 9.17) is 9.47 Å². The maximum atomic E-state index is 12.1. The van der Waals surface area contributed by atoms with Crippen LogP contribution in [0.3, 0.4) is 0 Å². The van der Waals surface area contributed by atoms with Gasteiger partial charge in [0, 0.05) is 19.0 Å².